The second-order valence-corrected chi connectivity index (χ2v) is 3.87. The van der Waals surface area contributed by atoms with Crippen LogP contribution >= 0.6 is 0 Å². The SMILES string of the molecule is Cc1ccc(NC(=O)C(C)C(=O)O)c(C)c1. The van der Waals surface area contributed by atoms with Crippen molar-refractivity contribution < 1.29 is 14.7 Å². The van der Waals surface area contributed by atoms with Crippen molar-refractivity contribution in [1.82, 2.24) is 0 Å². The zero-order chi connectivity index (χ0) is 12.3. The molecule has 0 spiro atoms. The van der Waals surface area contributed by atoms with Crippen LogP contribution in [0.1, 0.15) is 18.1 Å². The Labute approximate surface area is 94.3 Å². The van der Waals surface area contributed by atoms with Gasteiger partial charge in [0.2, 0.25) is 5.91 Å². The predicted molar refractivity (Wildman–Crippen MR) is 61.3 cm³/mol. The number of carboxylic acid groups (broad SMARTS) is 1. The highest BCUT2D eigenvalue weighted by atomic mass is 16.4. The van der Waals surface area contributed by atoms with Crippen LogP contribution in [0.2, 0.25) is 0 Å². The molecule has 0 saturated carbocycles. The van der Waals surface area contributed by atoms with Crippen molar-refractivity contribution in [2.75, 3.05) is 5.32 Å². The Balaban J connectivity index is 2.81. The maximum absolute atomic E-state index is 11.5. The lowest BCUT2D eigenvalue weighted by Gasteiger charge is -2.11. The number of aliphatic carboxylic acids is 1. The van der Waals surface area contributed by atoms with Crippen LogP contribution in [0.5, 0.6) is 0 Å². The van der Waals surface area contributed by atoms with Gasteiger partial charge in [-0.15, -0.1) is 0 Å². The summed E-state index contributed by atoms with van der Waals surface area (Å²) in [5.74, 6) is -2.66. The minimum absolute atomic E-state index is 0.501. The highest BCUT2D eigenvalue weighted by Gasteiger charge is 2.20. The molecule has 0 aliphatic rings. The van der Waals surface area contributed by atoms with E-state index in [-0.39, 0.29) is 0 Å². The van der Waals surface area contributed by atoms with Gasteiger partial charge < -0.3 is 10.4 Å². The molecule has 0 saturated heterocycles. The Kier molecular flexibility index (Phi) is 3.66. The topological polar surface area (TPSA) is 66.4 Å². The molecule has 86 valence electrons. The summed E-state index contributed by atoms with van der Waals surface area (Å²) in [6.45, 7) is 5.19. The van der Waals surface area contributed by atoms with E-state index in [0.29, 0.717) is 5.69 Å². The third kappa shape index (κ3) is 2.82. The minimum atomic E-state index is -1.12. The van der Waals surface area contributed by atoms with Crippen molar-refractivity contribution >= 4 is 17.6 Å². The molecule has 16 heavy (non-hydrogen) atoms. The van der Waals surface area contributed by atoms with E-state index in [1.807, 2.05) is 26.0 Å². The maximum atomic E-state index is 11.5. The lowest BCUT2D eigenvalue weighted by Crippen LogP contribution is -2.27. The van der Waals surface area contributed by atoms with Gasteiger partial charge in [0.25, 0.3) is 0 Å². The second kappa shape index (κ2) is 4.79. The number of amides is 1. The maximum Gasteiger partial charge on any atom is 0.315 e. The fourth-order valence-corrected chi connectivity index (χ4v) is 1.31. The van der Waals surface area contributed by atoms with Gasteiger partial charge in [-0.3, -0.25) is 9.59 Å². The summed E-state index contributed by atoms with van der Waals surface area (Å²) in [4.78, 5) is 22.1. The number of anilines is 1. The quantitative estimate of drug-likeness (QED) is 0.767. The molecule has 0 fully saturated rings. The summed E-state index contributed by atoms with van der Waals surface area (Å²) in [5, 5.41) is 11.3. The molecular formula is C12H15NO3. The summed E-state index contributed by atoms with van der Waals surface area (Å²) in [6, 6.07) is 5.58. The summed E-state index contributed by atoms with van der Waals surface area (Å²) in [7, 11) is 0. The first-order chi connectivity index (χ1) is 7.41. The first kappa shape index (κ1) is 12.2. The lowest BCUT2D eigenvalue weighted by atomic mass is 10.1. The van der Waals surface area contributed by atoms with Crippen molar-refractivity contribution in [1.29, 1.82) is 0 Å². The van der Waals surface area contributed by atoms with Gasteiger partial charge in [0.1, 0.15) is 5.92 Å². The molecule has 0 aromatic heterocycles. The van der Waals surface area contributed by atoms with E-state index in [2.05, 4.69) is 5.32 Å². The van der Waals surface area contributed by atoms with Crippen LogP contribution in [0.25, 0.3) is 0 Å². The monoisotopic (exact) mass is 221 g/mol. The highest BCUT2D eigenvalue weighted by Crippen LogP contribution is 2.16. The van der Waals surface area contributed by atoms with E-state index < -0.39 is 17.8 Å². The van der Waals surface area contributed by atoms with Gasteiger partial charge in [0.15, 0.2) is 0 Å². The zero-order valence-electron chi connectivity index (χ0n) is 9.57. The minimum Gasteiger partial charge on any atom is -0.481 e. The third-order valence-corrected chi connectivity index (χ3v) is 2.40. The van der Waals surface area contributed by atoms with E-state index in [1.165, 1.54) is 6.92 Å². The van der Waals surface area contributed by atoms with Gasteiger partial charge in [-0.25, -0.2) is 0 Å². The van der Waals surface area contributed by atoms with Crippen LogP contribution in [0.4, 0.5) is 5.69 Å². The third-order valence-electron chi connectivity index (χ3n) is 2.40. The number of hydrogen-bond donors (Lipinski definition) is 2. The number of benzene rings is 1. The van der Waals surface area contributed by atoms with Gasteiger partial charge in [-0.05, 0) is 32.4 Å². The van der Waals surface area contributed by atoms with E-state index in [1.54, 1.807) is 6.07 Å². The normalized spacial score (nSPS) is 11.9. The van der Waals surface area contributed by atoms with Gasteiger partial charge in [-0.2, -0.15) is 0 Å². The van der Waals surface area contributed by atoms with Crippen LogP contribution in [0.3, 0.4) is 0 Å². The standard InChI is InChI=1S/C12H15NO3/c1-7-4-5-10(8(2)6-7)13-11(14)9(3)12(15)16/h4-6,9H,1-3H3,(H,13,14)(H,15,16). The Morgan fingerprint density at radius 3 is 2.44 bits per heavy atom. The summed E-state index contributed by atoms with van der Waals surface area (Å²) < 4.78 is 0. The Bertz CT molecular complexity index is 426. The van der Waals surface area contributed by atoms with Crippen molar-refractivity contribution in [3.05, 3.63) is 29.3 Å². The Morgan fingerprint density at radius 1 is 1.31 bits per heavy atom. The van der Waals surface area contributed by atoms with Crippen molar-refractivity contribution in [2.24, 2.45) is 5.92 Å². The molecule has 1 unspecified atom stereocenters. The summed E-state index contributed by atoms with van der Waals surface area (Å²) in [5.41, 5.74) is 2.68. The fourth-order valence-electron chi connectivity index (χ4n) is 1.31. The van der Waals surface area contributed by atoms with Gasteiger partial charge >= 0.3 is 5.97 Å². The number of nitrogens with one attached hydrogen (secondary N) is 1. The molecule has 4 heteroatoms. The lowest BCUT2D eigenvalue weighted by molar-refractivity contribution is -0.144. The average Bonchev–Trinajstić information content (AvgIpc) is 2.20. The Hall–Kier alpha value is -1.84. The first-order valence-electron chi connectivity index (χ1n) is 5.02. The molecule has 0 aliphatic heterocycles. The number of hydrogen-bond acceptors (Lipinski definition) is 2. The zero-order valence-corrected chi connectivity index (χ0v) is 9.57. The second-order valence-electron chi connectivity index (χ2n) is 3.87. The number of carbonyl (C=O) groups is 2. The van der Waals surface area contributed by atoms with Crippen LogP contribution in [-0.4, -0.2) is 17.0 Å². The molecule has 1 amide bonds. The van der Waals surface area contributed by atoms with Crippen molar-refractivity contribution in [3.63, 3.8) is 0 Å². The van der Waals surface area contributed by atoms with Gasteiger partial charge in [0, 0.05) is 5.69 Å². The van der Waals surface area contributed by atoms with Gasteiger partial charge in [0.05, 0.1) is 0 Å². The summed E-state index contributed by atoms with van der Waals surface area (Å²) >= 11 is 0. The number of carbonyl (C=O) groups excluding carboxylic acids is 1. The molecule has 0 radical (unpaired) electrons. The number of carboxylic acids is 1. The van der Waals surface area contributed by atoms with E-state index in [0.717, 1.165) is 11.1 Å². The van der Waals surface area contributed by atoms with Crippen LogP contribution in [0, 0.1) is 19.8 Å². The molecule has 2 N–H and O–H groups in total. The Morgan fingerprint density at radius 2 is 1.94 bits per heavy atom. The average molecular weight is 221 g/mol. The molecule has 1 atom stereocenters. The largest absolute Gasteiger partial charge is 0.481 e. The van der Waals surface area contributed by atoms with Crippen LogP contribution in [-0.2, 0) is 9.59 Å². The molecule has 0 aliphatic carbocycles. The molecule has 0 heterocycles. The molecule has 1 aromatic rings. The first-order valence-corrected chi connectivity index (χ1v) is 5.02. The van der Waals surface area contributed by atoms with E-state index in [9.17, 15) is 9.59 Å². The molecule has 0 bridgehead atoms. The van der Waals surface area contributed by atoms with Crippen molar-refractivity contribution in [3.8, 4) is 0 Å². The number of rotatable bonds is 3. The van der Waals surface area contributed by atoms with Crippen molar-refractivity contribution in [2.45, 2.75) is 20.8 Å². The summed E-state index contributed by atoms with van der Waals surface area (Å²) in [6.07, 6.45) is 0. The van der Waals surface area contributed by atoms with Gasteiger partial charge in [-0.1, -0.05) is 17.7 Å². The van der Waals surface area contributed by atoms with Crippen LogP contribution in [0.15, 0.2) is 18.2 Å². The van der Waals surface area contributed by atoms with E-state index in [4.69, 9.17) is 5.11 Å². The van der Waals surface area contributed by atoms with E-state index >= 15 is 0 Å². The molecule has 1 rings (SSSR count). The molecule has 1 aromatic carbocycles. The fraction of sp³-hybridized carbons (Fsp3) is 0.333. The number of aryl methyl sites for hydroxylation is 2. The predicted octanol–water partition coefficient (Wildman–Crippen LogP) is 1.96. The van der Waals surface area contributed by atoms with Crippen LogP contribution < -0.4 is 5.32 Å². The smallest absolute Gasteiger partial charge is 0.315 e. The highest BCUT2D eigenvalue weighted by molar-refractivity contribution is 6.04. The molecular weight excluding hydrogens is 206 g/mol. The molecule has 4 nitrogen and oxygen atoms in total.